The van der Waals surface area contributed by atoms with Gasteiger partial charge in [-0.15, -0.1) is 0 Å². The molecule has 0 aromatic heterocycles. The van der Waals surface area contributed by atoms with Crippen molar-refractivity contribution in [3.8, 4) is 0 Å². The second kappa shape index (κ2) is 65.1. The van der Waals surface area contributed by atoms with Crippen LogP contribution in [0.1, 0.15) is 284 Å². The Morgan fingerprint density at radius 2 is 0.500 bits per heavy atom. The fourth-order valence-electron chi connectivity index (χ4n) is 8.62. The van der Waals surface area contributed by atoms with E-state index in [4.69, 9.17) is 14.2 Å². The van der Waals surface area contributed by atoms with Crippen LogP contribution in [-0.4, -0.2) is 37.2 Å². The Hall–Kier alpha value is -4.45. The maximum absolute atomic E-state index is 12.9. The lowest BCUT2D eigenvalue weighted by atomic mass is 10.0. The van der Waals surface area contributed by atoms with Gasteiger partial charge in [0.25, 0.3) is 0 Å². The van der Waals surface area contributed by atoms with Crippen LogP contribution in [0.3, 0.4) is 0 Å². The van der Waals surface area contributed by atoms with Crippen LogP contribution < -0.4 is 0 Å². The van der Waals surface area contributed by atoms with Crippen molar-refractivity contribution in [1.82, 2.24) is 0 Å². The highest BCUT2D eigenvalue weighted by atomic mass is 16.6. The Morgan fingerprint density at radius 1 is 0.269 bits per heavy atom. The number of rotatable bonds is 57. The van der Waals surface area contributed by atoms with E-state index in [0.29, 0.717) is 19.3 Å². The van der Waals surface area contributed by atoms with Gasteiger partial charge in [-0.1, -0.05) is 270 Å². The number of carbonyl (C=O) groups excluding carboxylic acids is 3. The second-order valence-electron chi connectivity index (χ2n) is 20.9. The molecular weight excluding hydrogens is 961 g/mol. The molecule has 0 radical (unpaired) electrons. The highest BCUT2D eigenvalue weighted by Crippen LogP contribution is 2.15. The highest BCUT2D eigenvalue weighted by Gasteiger charge is 2.19. The minimum atomic E-state index is -0.792. The first-order valence-electron chi connectivity index (χ1n) is 32.2. The Bertz CT molecular complexity index is 1670. The first kappa shape index (κ1) is 73.5. The summed E-state index contributed by atoms with van der Waals surface area (Å²) in [7, 11) is 0. The third-order valence-electron chi connectivity index (χ3n) is 13.4. The molecule has 0 N–H and O–H groups in total. The molecule has 1 atom stereocenters. The smallest absolute Gasteiger partial charge is 0.306 e. The van der Waals surface area contributed by atoms with Crippen LogP contribution in [0.5, 0.6) is 0 Å². The molecular formula is C72H118O6. The number of unbranched alkanes of at least 4 members (excludes halogenated alkanes) is 24. The molecule has 442 valence electrons. The van der Waals surface area contributed by atoms with E-state index < -0.39 is 6.10 Å². The standard InChI is InChI=1S/C72H118O6/c1-4-7-10-13-16-19-22-24-26-28-30-32-34-35-36-37-39-40-42-44-46-48-50-53-56-59-62-65-71(74)77-68-69(67-76-70(73)64-61-58-55-52-21-18-15-12-9-6-3)78-72(75)66-63-60-57-54-51-49-47-45-43-41-38-33-31-29-27-25-23-20-17-14-11-8-5-2/h7-8,10-12,15-17,19-20,24-27,30-33,35-36,39-40,69H,4-6,9,13-14,18,21-23,28-29,34,37-38,41-68H2,1-3H3/b10-7-,11-8-,15-12-,19-16-,20-17-,26-24-,27-25-,32-30-,33-31-,36-35-,40-39-. The van der Waals surface area contributed by atoms with Gasteiger partial charge in [-0.05, 0) is 128 Å². The lowest BCUT2D eigenvalue weighted by molar-refractivity contribution is -0.167. The largest absolute Gasteiger partial charge is 0.462 e. The van der Waals surface area contributed by atoms with Gasteiger partial charge in [0.2, 0.25) is 0 Å². The Morgan fingerprint density at radius 3 is 0.795 bits per heavy atom. The van der Waals surface area contributed by atoms with Crippen LogP contribution in [0.25, 0.3) is 0 Å². The predicted octanol–water partition coefficient (Wildman–Crippen LogP) is 22.2. The molecule has 0 rings (SSSR count). The summed E-state index contributed by atoms with van der Waals surface area (Å²) in [6.07, 6.45) is 91.8. The van der Waals surface area contributed by atoms with Crippen molar-refractivity contribution in [3.05, 3.63) is 134 Å². The molecule has 0 heterocycles. The molecule has 0 aliphatic carbocycles. The summed E-state index contributed by atoms with van der Waals surface area (Å²) in [5.41, 5.74) is 0. The van der Waals surface area contributed by atoms with E-state index in [0.717, 1.165) is 148 Å². The van der Waals surface area contributed by atoms with Crippen LogP contribution in [0.15, 0.2) is 134 Å². The van der Waals surface area contributed by atoms with Gasteiger partial charge < -0.3 is 14.2 Å². The van der Waals surface area contributed by atoms with Gasteiger partial charge in [0.1, 0.15) is 13.2 Å². The summed E-state index contributed by atoms with van der Waals surface area (Å²) in [5.74, 6) is -0.910. The normalized spacial score (nSPS) is 13.0. The molecule has 78 heavy (non-hydrogen) atoms. The fourth-order valence-corrected chi connectivity index (χ4v) is 8.62. The van der Waals surface area contributed by atoms with E-state index in [1.165, 1.54) is 96.3 Å². The van der Waals surface area contributed by atoms with Crippen molar-refractivity contribution in [2.75, 3.05) is 13.2 Å². The zero-order chi connectivity index (χ0) is 56.4. The van der Waals surface area contributed by atoms with Gasteiger partial charge in [0.05, 0.1) is 0 Å². The van der Waals surface area contributed by atoms with Gasteiger partial charge >= 0.3 is 17.9 Å². The second-order valence-corrected chi connectivity index (χ2v) is 20.9. The number of esters is 3. The number of hydrogen-bond donors (Lipinski definition) is 0. The number of ether oxygens (including phenoxy) is 3. The van der Waals surface area contributed by atoms with Crippen molar-refractivity contribution in [3.63, 3.8) is 0 Å². The van der Waals surface area contributed by atoms with Crippen molar-refractivity contribution < 1.29 is 28.6 Å². The van der Waals surface area contributed by atoms with Gasteiger partial charge in [0.15, 0.2) is 6.10 Å². The zero-order valence-corrected chi connectivity index (χ0v) is 50.6. The van der Waals surface area contributed by atoms with Crippen molar-refractivity contribution in [2.45, 2.75) is 290 Å². The lowest BCUT2D eigenvalue weighted by Crippen LogP contribution is -2.30. The third kappa shape index (κ3) is 62.4. The molecule has 0 aromatic carbocycles. The first-order chi connectivity index (χ1) is 38.5. The van der Waals surface area contributed by atoms with E-state index >= 15 is 0 Å². The van der Waals surface area contributed by atoms with Crippen molar-refractivity contribution in [2.24, 2.45) is 0 Å². The molecule has 0 spiro atoms. The summed E-state index contributed by atoms with van der Waals surface area (Å²) >= 11 is 0. The van der Waals surface area contributed by atoms with E-state index in [-0.39, 0.29) is 31.1 Å². The van der Waals surface area contributed by atoms with Crippen LogP contribution in [-0.2, 0) is 28.6 Å². The minimum absolute atomic E-state index is 0.0895. The van der Waals surface area contributed by atoms with E-state index in [1.807, 2.05) is 0 Å². The zero-order valence-electron chi connectivity index (χ0n) is 50.6. The predicted molar refractivity (Wildman–Crippen MR) is 339 cm³/mol. The van der Waals surface area contributed by atoms with Crippen LogP contribution in [0.4, 0.5) is 0 Å². The Kier molecular flexibility index (Phi) is 61.4. The van der Waals surface area contributed by atoms with Crippen molar-refractivity contribution in [1.29, 1.82) is 0 Å². The maximum atomic E-state index is 12.9. The Labute approximate surface area is 481 Å². The number of allylic oxidation sites excluding steroid dienone is 22. The average molecular weight is 1080 g/mol. The molecule has 6 nitrogen and oxygen atoms in total. The average Bonchev–Trinajstić information content (AvgIpc) is 3.44. The molecule has 0 amide bonds. The Balaban J connectivity index is 4.29. The summed E-state index contributed by atoms with van der Waals surface area (Å²) in [6, 6.07) is 0. The molecule has 0 bridgehead atoms. The molecule has 0 fully saturated rings. The third-order valence-corrected chi connectivity index (χ3v) is 13.4. The molecule has 0 aliphatic rings. The van der Waals surface area contributed by atoms with Crippen LogP contribution >= 0.6 is 0 Å². The first-order valence-corrected chi connectivity index (χ1v) is 32.2. The van der Waals surface area contributed by atoms with Gasteiger partial charge in [-0.3, -0.25) is 14.4 Å². The molecule has 0 saturated carbocycles. The summed E-state index contributed by atoms with van der Waals surface area (Å²) in [5, 5.41) is 0. The van der Waals surface area contributed by atoms with Gasteiger partial charge in [0, 0.05) is 19.3 Å². The number of hydrogen-bond acceptors (Lipinski definition) is 6. The maximum Gasteiger partial charge on any atom is 0.306 e. The molecule has 1 unspecified atom stereocenters. The van der Waals surface area contributed by atoms with Crippen molar-refractivity contribution >= 4 is 17.9 Å². The number of carbonyl (C=O) groups is 3. The van der Waals surface area contributed by atoms with E-state index in [1.54, 1.807) is 0 Å². The lowest BCUT2D eigenvalue weighted by Gasteiger charge is -2.18. The fraction of sp³-hybridized carbons (Fsp3) is 0.653. The quantitative estimate of drug-likeness (QED) is 0.0261. The molecule has 0 aromatic rings. The van der Waals surface area contributed by atoms with Gasteiger partial charge in [-0.25, -0.2) is 0 Å². The van der Waals surface area contributed by atoms with E-state index in [2.05, 4.69) is 154 Å². The SMILES string of the molecule is CC/C=C\C/C=C\C/C=C\C/C=C\C/C=C\C/C=C\CCCCCCCCCCC(=O)OCC(COC(=O)CCCCCCC/C=C\CCC)OC(=O)CCCCCCCCCCCC/C=C\C/C=C\C/C=C\C/C=C\CC. The minimum Gasteiger partial charge on any atom is -0.462 e. The van der Waals surface area contributed by atoms with E-state index in [9.17, 15) is 14.4 Å². The summed E-state index contributed by atoms with van der Waals surface area (Å²) in [4.78, 5) is 38.3. The molecule has 6 heteroatoms. The highest BCUT2D eigenvalue weighted by molar-refractivity contribution is 5.71. The van der Waals surface area contributed by atoms with Crippen LogP contribution in [0, 0.1) is 0 Å². The summed E-state index contributed by atoms with van der Waals surface area (Å²) < 4.78 is 16.9. The summed E-state index contributed by atoms with van der Waals surface area (Å²) in [6.45, 7) is 6.34. The molecule has 0 saturated heterocycles. The van der Waals surface area contributed by atoms with Crippen LogP contribution in [0.2, 0.25) is 0 Å². The molecule has 0 aliphatic heterocycles. The topological polar surface area (TPSA) is 78.9 Å². The monoisotopic (exact) mass is 1080 g/mol. The van der Waals surface area contributed by atoms with Gasteiger partial charge in [-0.2, -0.15) is 0 Å².